The second kappa shape index (κ2) is 14.8. The summed E-state index contributed by atoms with van der Waals surface area (Å²) in [4.78, 5) is 38.3. The Morgan fingerprint density at radius 1 is 1.07 bits per heavy atom. The molecule has 3 rings (SSSR count). The summed E-state index contributed by atoms with van der Waals surface area (Å²) in [7, 11) is 5.51. The van der Waals surface area contributed by atoms with E-state index in [0.29, 0.717) is 57.9 Å². The highest BCUT2D eigenvalue weighted by Crippen LogP contribution is 2.37. The number of halogens is 2. The van der Waals surface area contributed by atoms with Crippen molar-refractivity contribution in [3.8, 4) is 5.75 Å². The summed E-state index contributed by atoms with van der Waals surface area (Å²) in [5, 5.41) is 3.62. The Kier molecular flexibility index (Phi) is 11.5. The molecule has 0 unspecified atom stereocenters. The lowest BCUT2D eigenvalue weighted by atomic mass is 10.0. The largest absolute Gasteiger partial charge is 0.495 e. The zero-order valence-electron chi connectivity index (χ0n) is 23.3. The first-order valence-corrected chi connectivity index (χ1v) is 13.7. The predicted molar refractivity (Wildman–Crippen MR) is 162 cm³/mol. The number of hydrogen-bond acceptors (Lipinski definition) is 6. The van der Waals surface area contributed by atoms with Crippen molar-refractivity contribution in [1.82, 2.24) is 14.9 Å². The van der Waals surface area contributed by atoms with E-state index in [1.807, 2.05) is 45.3 Å². The van der Waals surface area contributed by atoms with Crippen molar-refractivity contribution in [2.45, 2.75) is 32.6 Å². The first-order chi connectivity index (χ1) is 19.2. The average Bonchev–Trinajstić information content (AvgIpc) is 2.94. The molecule has 0 spiro atoms. The molecule has 1 heterocycles. The van der Waals surface area contributed by atoms with Crippen LogP contribution in [0, 0.1) is 0 Å². The lowest BCUT2D eigenvalue weighted by Crippen LogP contribution is -2.35. The number of carbonyl (C=O) groups is 2. The number of carbonyl (C=O) groups excluding carboxylic acids is 2. The van der Waals surface area contributed by atoms with E-state index < -0.39 is 0 Å². The molecule has 0 saturated carbocycles. The molecule has 0 fully saturated rings. The number of methoxy groups -OCH3 is 1. The molecule has 212 valence electrons. The van der Waals surface area contributed by atoms with Crippen molar-refractivity contribution in [1.29, 1.82) is 0 Å². The van der Waals surface area contributed by atoms with Gasteiger partial charge in [0.25, 0.3) is 0 Å². The second-order valence-corrected chi connectivity index (χ2v) is 10.2. The smallest absolute Gasteiger partial charge is 0.247 e. The Hall–Kier alpha value is -3.46. The Bertz CT molecular complexity index is 1330. The Labute approximate surface area is 246 Å². The summed E-state index contributed by atoms with van der Waals surface area (Å²) in [6.07, 6.45) is 4.48. The Morgan fingerprint density at radius 3 is 2.50 bits per heavy atom. The number of aromatic nitrogens is 2. The SMILES string of the molecule is C=CC(=O)Nc1ccccc1Cc1cc(N(CCCN(C)C)C(=O)Cc2c(Cl)c(CC)cc(OC)c2Cl)ncn1. The topological polar surface area (TPSA) is 87.7 Å². The van der Waals surface area contributed by atoms with Gasteiger partial charge in [0.05, 0.1) is 24.2 Å². The van der Waals surface area contributed by atoms with E-state index in [0.717, 1.165) is 24.1 Å². The number of anilines is 2. The van der Waals surface area contributed by atoms with Crippen LogP contribution in [0.5, 0.6) is 5.75 Å². The van der Waals surface area contributed by atoms with Crippen molar-refractivity contribution in [2.24, 2.45) is 0 Å². The van der Waals surface area contributed by atoms with E-state index in [1.54, 1.807) is 17.0 Å². The number of aryl methyl sites for hydroxylation is 1. The Balaban J connectivity index is 1.94. The summed E-state index contributed by atoms with van der Waals surface area (Å²) < 4.78 is 5.44. The molecule has 3 aromatic rings. The molecule has 10 heteroatoms. The number of rotatable bonds is 13. The van der Waals surface area contributed by atoms with Crippen LogP contribution in [0.2, 0.25) is 10.0 Å². The fourth-order valence-electron chi connectivity index (χ4n) is 4.25. The zero-order valence-corrected chi connectivity index (χ0v) is 24.8. The van der Waals surface area contributed by atoms with E-state index in [-0.39, 0.29) is 18.2 Å². The molecular weight excluding hydrogens is 549 g/mol. The fourth-order valence-corrected chi connectivity index (χ4v) is 4.94. The maximum absolute atomic E-state index is 13.8. The molecule has 0 aliphatic heterocycles. The van der Waals surface area contributed by atoms with Gasteiger partial charge in [-0.2, -0.15) is 0 Å². The molecule has 2 amide bonds. The van der Waals surface area contributed by atoms with Crippen LogP contribution in [0.4, 0.5) is 11.5 Å². The number of nitrogens with one attached hydrogen (secondary N) is 1. The normalized spacial score (nSPS) is 10.9. The first-order valence-electron chi connectivity index (χ1n) is 13.0. The number of ether oxygens (including phenoxy) is 1. The van der Waals surface area contributed by atoms with Crippen molar-refractivity contribution in [3.05, 3.63) is 87.8 Å². The van der Waals surface area contributed by atoms with Crippen LogP contribution >= 0.6 is 23.2 Å². The molecule has 0 saturated heterocycles. The van der Waals surface area contributed by atoms with Gasteiger partial charge in [0.15, 0.2) is 0 Å². The number of hydrogen-bond donors (Lipinski definition) is 1. The third-order valence-corrected chi connectivity index (χ3v) is 7.25. The molecule has 8 nitrogen and oxygen atoms in total. The third kappa shape index (κ3) is 8.03. The molecule has 1 N–H and O–H groups in total. The van der Waals surface area contributed by atoms with E-state index >= 15 is 0 Å². The molecule has 2 aromatic carbocycles. The maximum atomic E-state index is 13.8. The Morgan fingerprint density at radius 2 is 1.82 bits per heavy atom. The lowest BCUT2D eigenvalue weighted by molar-refractivity contribution is -0.118. The highest BCUT2D eigenvalue weighted by Gasteiger charge is 2.23. The van der Waals surface area contributed by atoms with Gasteiger partial charge in [-0.25, -0.2) is 9.97 Å². The van der Waals surface area contributed by atoms with E-state index in [4.69, 9.17) is 27.9 Å². The van der Waals surface area contributed by atoms with Crippen molar-refractivity contribution in [2.75, 3.05) is 44.5 Å². The fraction of sp³-hybridized carbons (Fsp3) is 0.333. The van der Waals surface area contributed by atoms with Crippen LogP contribution in [0.3, 0.4) is 0 Å². The summed E-state index contributed by atoms with van der Waals surface area (Å²) in [5.41, 5.74) is 3.62. The van der Waals surface area contributed by atoms with Crippen molar-refractivity contribution in [3.63, 3.8) is 0 Å². The highest BCUT2D eigenvalue weighted by molar-refractivity contribution is 6.37. The van der Waals surface area contributed by atoms with Gasteiger partial charge >= 0.3 is 0 Å². The molecule has 1 aromatic heterocycles. The van der Waals surface area contributed by atoms with Gasteiger partial charge in [-0.1, -0.05) is 54.9 Å². The zero-order chi connectivity index (χ0) is 29.2. The molecule has 0 aliphatic carbocycles. The minimum atomic E-state index is -0.297. The van der Waals surface area contributed by atoms with Crippen LogP contribution in [0.25, 0.3) is 0 Å². The minimum absolute atomic E-state index is 0.0143. The summed E-state index contributed by atoms with van der Waals surface area (Å²) >= 11 is 13.3. The predicted octanol–water partition coefficient (Wildman–Crippen LogP) is 5.60. The number of benzene rings is 2. The van der Waals surface area contributed by atoms with Gasteiger partial charge in [-0.15, -0.1) is 0 Å². The number of para-hydroxylation sites is 1. The summed E-state index contributed by atoms with van der Waals surface area (Å²) in [5.74, 6) is 0.472. The molecule has 0 aliphatic rings. The quantitative estimate of drug-likeness (QED) is 0.264. The van der Waals surface area contributed by atoms with Crippen LogP contribution in [-0.2, 0) is 28.9 Å². The van der Waals surface area contributed by atoms with Gasteiger partial charge in [-0.3, -0.25) is 14.5 Å². The third-order valence-electron chi connectivity index (χ3n) is 6.37. The van der Waals surface area contributed by atoms with Gasteiger partial charge in [0.1, 0.15) is 17.9 Å². The van der Waals surface area contributed by atoms with Crippen LogP contribution in [0.1, 0.15) is 35.7 Å². The van der Waals surface area contributed by atoms with Crippen LogP contribution in [0.15, 0.2) is 55.4 Å². The molecule has 40 heavy (non-hydrogen) atoms. The monoisotopic (exact) mass is 583 g/mol. The van der Waals surface area contributed by atoms with E-state index in [1.165, 1.54) is 19.5 Å². The van der Waals surface area contributed by atoms with Crippen LogP contribution < -0.4 is 15.0 Å². The van der Waals surface area contributed by atoms with Gasteiger partial charge in [0.2, 0.25) is 11.8 Å². The standard InChI is InChI=1S/C30H35Cl2N5O3/c1-6-20-16-25(40-5)30(32)23(29(20)31)18-28(39)37(14-10-13-36(3)4)26-17-22(33-19-34-26)15-21-11-8-9-12-24(21)35-27(38)7-2/h7-9,11-12,16-17,19H,2,6,10,13-15,18H2,1,3-5H3,(H,35,38). The first kappa shape index (κ1) is 31.1. The molecule has 0 radical (unpaired) electrons. The minimum Gasteiger partial charge on any atom is -0.495 e. The van der Waals surface area contributed by atoms with Gasteiger partial charge in [-0.05, 0) is 62.8 Å². The van der Waals surface area contributed by atoms with Gasteiger partial charge in [0, 0.05) is 35.3 Å². The molecular formula is C30H35Cl2N5O3. The van der Waals surface area contributed by atoms with Crippen molar-refractivity contribution >= 4 is 46.5 Å². The van der Waals surface area contributed by atoms with E-state index in [2.05, 4.69) is 26.8 Å². The lowest BCUT2D eigenvalue weighted by Gasteiger charge is -2.24. The average molecular weight is 585 g/mol. The highest BCUT2D eigenvalue weighted by atomic mass is 35.5. The number of amides is 2. The summed E-state index contributed by atoms with van der Waals surface area (Å²) in [6, 6.07) is 11.1. The maximum Gasteiger partial charge on any atom is 0.247 e. The molecule has 0 bridgehead atoms. The molecule has 0 atom stereocenters. The van der Waals surface area contributed by atoms with Crippen molar-refractivity contribution < 1.29 is 14.3 Å². The van der Waals surface area contributed by atoms with Gasteiger partial charge < -0.3 is 15.0 Å². The van der Waals surface area contributed by atoms with E-state index in [9.17, 15) is 9.59 Å². The number of nitrogens with zero attached hydrogens (tertiary/aromatic N) is 4. The van der Waals surface area contributed by atoms with Crippen LogP contribution in [-0.4, -0.2) is 61.0 Å². The summed E-state index contributed by atoms with van der Waals surface area (Å²) in [6.45, 7) is 6.73. The second-order valence-electron chi connectivity index (χ2n) is 9.47.